The van der Waals surface area contributed by atoms with Gasteiger partial charge in [-0.15, -0.1) is 0 Å². The average Bonchev–Trinajstić information content (AvgIpc) is 2.77. The SMILES string of the molecule is CC[C@H](C)OC(=O)C1=C(C)NC2=C(C(=O)[C@@H](C(=O)OC)[C@@H](C)C2)[C@@H]1c1ccc(N(C)C)cc1. The Morgan fingerprint density at radius 2 is 1.85 bits per heavy atom. The maximum atomic E-state index is 13.7. The molecular weight excluding hydrogens is 420 g/mol. The summed E-state index contributed by atoms with van der Waals surface area (Å²) in [5.74, 6) is -3.04. The van der Waals surface area contributed by atoms with Gasteiger partial charge in [0.2, 0.25) is 0 Å². The van der Waals surface area contributed by atoms with Crippen molar-refractivity contribution in [2.24, 2.45) is 11.8 Å². The first-order valence-corrected chi connectivity index (χ1v) is 11.4. The van der Waals surface area contributed by atoms with E-state index < -0.39 is 23.8 Å². The van der Waals surface area contributed by atoms with Gasteiger partial charge in [-0.25, -0.2) is 4.79 Å². The number of nitrogens with one attached hydrogen (secondary N) is 1. The first-order chi connectivity index (χ1) is 15.6. The van der Waals surface area contributed by atoms with Crippen LogP contribution < -0.4 is 10.2 Å². The third-order valence-electron chi connectivity index (χ3n) is 6.59. The van der Waals surface area contributed by atoms with Crippen LogP contribution in [0.3, 0.4) is 0 Å². The molecule has 0 bridgehead atoms. The lowest BCUT2D eigenvalue weighted by molar-refractivity contribution is -0.151. The maximum absolute atomic E-state index is 13.7. The number of carbonyl (C=O) groups excluding carboxylic acids is 3. The number of carbonyl (C=O) groups is 3. The summed E-state index contributed by atoms with van der Waals surface area (Å²) in [6.45, 7) is 7.50. The molecule has 0 spiro atoms. The normalized spacial score (nSPS) is 23.5. The van der Waals surface area contributed by atoms with E-state index in [-0.39, 0.29) is 17.8 Å². The van der Waals surface area contributed by atoms with Crippen molar-refractivity contribution in [3.8, 4) is 0 Å². The summed E-state index contributed by atoms with van der Waals surface area (Å²) in [5.41, 5.74) is 4.08. The van der Waals surface area contributed by atoms with Gasteiger partial charge in [0.05, 0.1) is 18.8 Å². The first kappa shape index (κ1) is 24.6. The second-order valence-electron chi connectivity index (χ2n) is 9.15. The first-order valence-electron chi connectivity index (χ1n) is 11.4. The van der Waals surface area contributed by atoms with E-state index in [0.29, 0.717) is 29.7 Å². The van der Waals surface area contributed by atoms with Crippen LogP contribution in [0.4, 0.5) is 5.69 Å². The summed E-state index contributed by atoms with van der Waals surface area (Å²) in [4.78, 5) is 41.5. The Kier molecular flexibility index (Phi) is 7.30. The molecule has 3 rings (SSSR count). The van der Waals surface area contributed by atoms with Gasteiger partial charge in [-0.3, -0.25) is 9.59 Å². The van der Waals surface area contributed by atoms with Crippen LogP contribution in [-0.2, 0) is 23.9 Å². The molecule has 1 aromatic carbocycles. The highest BCUT2D eigenvalue weighted by Crippen LogP contribution is 2.45. The predicted octanol–water partition coefficient (Wildman–Crippen LogP) is 3.71. The largest absolute Gasteiger partial charge is 0.468 e. The van der Waals surface area contributed by atoms with Crippen LogP contribution >= 0.6 is 0 Å². The predicted molar refractivity (Wildman–Crippen MR) is 127 cm³/mol. The fraction of sp³-hybridized carbons (Fsp3) is 0.500. The maximum Gasteiger partial charge on any atom is 0.337 e. The summed E-state index contributed by atoms with van der Waals surface area (Å²) >= 11 is 0. The van der Waals surface area contributed by atoms with E-state index in [9.17, 15) is 14.4 Å². The van der Waals surface area contributed by atoms with Crippen LogP contribution in [0.5, 0.6) is 0 Å². The van der Waals surface area contributed by atoms with Crippen LogP contribution in [-0.4, -0.2) is 45.0 Å². The smallest absolute Gasteiger partial charge is 0.337 e. The van der Waals surface area contributed by atoms with Gasteiger partial charge in [-0.1, -0.05) is 26.0 Å². The molecule has 1 heterocycles. The lowest BCUT2D eigenvalue weighted by Gasteiger charge is -2.38. The van der Waals surface area contributed by atoms with Crippen LogP contribution in [0.1, 0.15) is 52.0 Å². The van der Waals surface area contributed by atoms with Gasteiger partial charge in [0.25, 0.3) is 0 Å². The zero-order valence-electron chi connectivity index (χ0n) is 20.5. The fourth-order valence-corrected chi connectivity index (χ4v) is 4.58. The van der Waals surface area contributed by atoms with Crippen molar-refractivity contribution in [2.45, 2.75) is 52.6 Å². The molecule has 0 radical (unpaired) electrons. The van der Waals surface area contributed by atoms with E-state index in [1.807, 2.05) is 71.0 Å². The molecule has 1 aliphatic carbocycles. The molecule has 0 unspecified atom stereocenters. The summed E-state index contributed by atoms with van der Waals surface area (Å²) < 4.78 is 10.6. The number of Topliss-reactive ketones (excluding diaryl/α,β-unsaturated/α-hetero) is 1. The number of allylic oxidation sites excluding steroid dienone is 3. The summed E-state index contributed by atoms with van der Waals surface area (Å²) in [6, 6.07) is 7.77. The number of ketones is 1. The third-order valence-corrected chi connectivity index (χ3v) is 6.59. The van der Waals surface area contributed by atoms with E-state index in [4.69, 9.17) is 9.47 Å². The van der Waals surface area contributed by atoms with Crippen molar-refractivity contribution >= 4 is 23.4 Å². The Labute approximate surface area is 195 Å². The third kappa shape index (κ3) is 4.68. The monoisotopic (exact) mass is 454 g/mol. The molecule has 1 aromatic rings. The zero-order chi connectivity index (χ0) is 24.4. The van der Waals surface area contributed by atoms with Crippen LogP contribution in [0, 0.1) is 11.8 Å². The second-order valence-corrected chi connectivity index (χ2v) is 9.15. The molecule has 178 valence electrons. The van der Waals surface area contributed by atoms with Crippen molar-refractivity contribution in [1.29, 1.82) is 0 Å². The number of methoxy groups -OCH3 is 1. The molecule has 0 saturated heterocycles. The minimum atomic E-state index is -0.899. The molecule has 2 aliphatic rings. The Morgan fingerprint density at radius 1 is 1.21 bits per heavy atom. The van der Waals surface area contributed by atoms with E-state index in [2.05, 4.69) is 5.32 Å². The Morgan fingerprint density at radius 3 is 2.39 bits per heavy atom. The van der Waals surface area contributed by atoms with Gasteiger partial charge in [-0.05, 0) is 50.3 Å². The number of hydrogen-bond acceptors (Lipinski definition) is 7. The van der Waals surface area contributed by atoms with Crippen molar-refractivity contribution in [1.82, 2.24) is 5.32 Å². The lowest BCUT2D eigenvalue weighted by Crippen LogP contribution is -2.43. The van der Waals surface area contributed by atoms with E-state index in [0.717, 1.165) is 16.9 Å². The number of rotatable bonds is 6. The summed E-state index contributed by atoms with van der Waals surface area (Å²) in [5, 5.41) is 3.29. The average molecular weight is 455 g/mol. The number of ether oxygens (including phenoxy) is 2. The molecule has 0 saturated carbocycles. The van der Waals surface area contributed by atoms with Gasteiger partial charge in [0.15, 0.2) is 5.78 Å². The molecule has 7 nitrogen and oxygen atoms in total. The molecular formula is C26H34N2O5. The van der Waals surface area contributed by atoms with Gasteiger partial charge in [0.1, 0.15) is 5.92 Å². The van der Waals surface area contributed by atoms with Crippen molar-refractivity contribution in [2.75, 3.05) is 26.1 Å². The highest BCUT2D eigenvalue weighted by Gasteiger charge is 2.47. The molecule has 33 heavy (non-hydrogen) atoms. The Balaban J connectivity index is 2.16. The molecule has 0 fully saturated rings. The fourth-order valence-electron chi connectivity index (χ4n) is 4.58. The molecule has 1 N–H and O–H groups in total. The van der Waals surface area contributed by atoms with E-state index >= 15 is 0 Å². The van der Waals surface area contributed by atoms with Crippen molar-refractivity contribution in [3.63, 3.8) is 0 Å². The number of anilines is 1. The number of hydrogen-bond donors (Lipinski definition) is 1. The molecule has 4 atom stereocenters. The quantitative estimate of drug-likeness (QED) is 0.518. The second kappa shape index (κ2) is 9.81. The van der Waals surface area contributed by atoms with E-state index in [1.54, 1.807) is 0 Å². The molecule has 1 aliphatic heterocycles. The number of dihydropyridines is 1. The van der Waals surface area contributed by atoms with Gasteiger partial charge < -0.3 is 19.7 Å². The summed E-state index contributed by atoms with van der Waals surface area (Å²) in [6.07, 6.45) is 0.940. The number of nitrogens with zero attached hydrogens (tertiary/aromatic N) is 1. The Bertz CT molecular complexity index is 1010. The van der Waals surface area contributed by atoms with Crippen molar-refractivity contribution < 1.29 is 23.9 Å². The summed E-state index contributed by atoms with van der Waals surface area (Å²) in [7, 11) is 5.19. The molecule has 0 aromatic heterocycles. The van der Waals surface area contributed by atoms with Crippen molar-refractivity contribution in [3.05, 3.63) is 52.4 Å². The zero-order valence-corrected chi connectivity index (χ0v) is 20.5. The standard InChI is InChI=1S/C26H34N2O5/c1-8-15(3)33-26(31)21-16(4)27-19-13-14(2)20(25(30)32-7)24(29)23(19)22(21)17-9-11-18(12-10-17)28(5)6/h9-12,14-15,20,22,27H,8,13H2,1-7H3/t14-,15-,20-,22+/m0/s1. The minimum absolute atomic E-state index is 0.214. The topological polar surface area (TPSA) is 84.9 Å². The highest BCUT2D eigenvalue weighted by atomic mass is 16.5. The van der Waals surface area contributed by atoms with Gasteiger partial charge in [0, 0.05) is 42.7 Å². The molecule has 0 amide bonds. The van der Waals surface area contributed by atoms with E-state index in [1.165, 1.54) is 7.11 Å². The van der Waals surface area contributed by atoms with Gasteiger partial charge in [-0.2, -0.15) is 0 Å². The highest BCUT2D eigenvalue weighted by molar-refractivity contribution is 6.12. The Hall–Kier alpha value is -3.09. The van der Waals surface area contributed by atoms with Gasteiger partial charge >= 0.3 is 11.9 Å². The molecule has 7 heteroatoms. The van der Waals surface area contributed by atoms with Crippen LogP contribution in [0.15, 0.2) is 46.8 Å². The van der Waals surface area contributed by atoms with Crippen LogP contribution in [0.25, 0.3) is 0 Å². The van der Waals surface area contributed by atoms with Crippen LogP contribution in [0.2, 0.25) is 0 Å². The lowest BCUT2D eigenvalue weighted by atomic mass is 9.69. The number of benzene rings is 1. The number of esters is 2. The minimum Gasteiger partial charge on any atom is -0.468 e.